The molecule has 2 aliphatic rings. The first kappa shape index (κ1) is 16.9. The molecule has 1 amide bonds. The second-order valence-corrected chi connectivity index (χ2v) is 7.30. The number of amides is 1. The van der Waals surface area contributed by atoms with E-state index < -0.39 is 5.79 Å². The van der Waals surface area contributed by atoms with Crippen LogP contribution in [0.25, 0.3) is 10.8 Å². The van der Waals surface area contributed by atoms with Gasteiger partial charge in [-0.25, -0.2) is 0 Å². The normalized spacial score (nSPS) is 16.4. The zero-order valence-corrected chi connectivity index (χ0v) is 15.4. The van der Waals surface area contributed by atoms with E-state index in [0.717, 1.165) is 42.2 Å². The van der Waals surface area contributed by atoms with Crippen LogP contribution in [0.3, 0.4) is 0 Å². The number of hydrogen-bond donors (Lipinski definition) is 1. The van der Waals surface area contributed by atoms with Crippen LogP contribution in [0.1, 0.15) is 25.7 Å². The average molecular weight is 375 g/mol. The lowest BCUT2D eigenvalue weighted by molar-refractivity contribution is -0.118. The van der Waals surface area contributed by atoms with E-state index in [1.165, 1.54) is 0 Å². The Morgan fingerprint density at radius 3 is 2.64 bits per heavy atom. The van der Waals surface area contributed by atoms with E-state index in [2.05, 4.69) is 5.32 Å². The molecular formula is C23H21NO4. The molecule has 3 aromatic rings. The molecule has 28 heavy (non-hydrogen) atoms. The van der Waals surface area contributed by atoms with Gasteiger partial charge in [0.1, 0.15) is 5.75 Å². The number of rotatable bonds is 4. The summed E-state index contributed by atoms with van der Waals surface area (Å²) < 4.78 is 17.8. The van der Waals surface area contributed by atoms with E-state index in [0.29, 0.717) is 17.2 Å². The summed E-state index contributed by atoms with van der Waals surface area (Å²) in [6, 6.07) is 19.3. The number of carbonyl (C=O) groups is 1. The molecule has 1 saturated carbocycles. The second kappa shape index (κ2) is 6.75. The summed E-state index contributed by atoms with van der Waals surface area (Å²) in [7, 11) is 0. The summed E-state index contributed by atoms with van der Waals surface area (Å²) in [6.07, 6.45) is 4.04. The number of carbonyl (C=O) groups excluding carboxylic acids is 1. The van der Waals surface area contributed by atoms with Crippen molar-refractivity contribution < 1.29 is 19.0 Å². The van der Waals surface area contributed by atoms with E-state index in [1.807, 2.05) is 60.7 Å². The minimum absolute atomic E-state index is 0.0631. The number of nitrogens with one attached hydrogen (secondary N) is 1. The largest absolute Gasteiger partial charge is 0.483 e. The quantitative estimate of drug-likeness (QED) is 0.705. The van der Waals surface area contributed by atoms with Gasteiger partial charge in [0.15, 0.2) is 18.1 Å². The maximum Gasteiger partial charge on any atom is 0.262 e. The first-order chi connectivity index (χ1) is 13.7. The Balaban J connectivity index is 1.24. The van der Waals surface area contributed by atoms with Crippen LogP contribution in [0.2, 0.25) is 0 Å². The summed E-state index contributed by atoms with van der Waals surface area (Å²) in [4.78, 5) is 12.4. The van der Waals surface area contributed by atoms with Crippen LogP contribution in [0.15, 0.2) is 60.7 Å². The van der Waals surface area contributed by atoms with Gasteiger partial charge in [0.05, 0.1) is 0 Å². The lowest BCUT2D eigenvalue weighted by Crippen LogP contribution is -2.34. The first-order valence-electron chi connectivity index (χ1n) is 9.63. The number of benzene rings is 3. The Morgan fingerprint density at radius 2 is 1.75 bits per heavy atom. The van der Waals surface area contributed by atoms with Crippen molar-refractivity contribution >= 4 is 22.4 Å². The monoisotopic (exact) mass is 375 g/mol. The molecule has 1 fully saturated rings. The van der Waals surface area contributed by atoms with E-state index in [1.54, 1.807) is 0 Å². The van der Waals surface area contributed by atoms with E-state index in [-0.39, 0.29) is 12.5 Å². The predicted octanol–water partition coefficient (Wildman–Crippen LogP) is 4.90. The Bertz CT molecular complexity index is 1030. The van der Waals surface area contributed by atoms with Gasteiger partial charge in [-0.05, 0) is 36.4 Å². The number of hydrogen-bond acceptors (Lipinski definition) is 4. The third-order valence-corrected chi connectivity index (χ3v) is 5.29. The predicted molar refractivity (Wildman–Crippen MR) is 107 cm³/mol. The number of anilines is 1. The van der Waals surface area contributed by atoms with Gasteiger partial charge in [0.2, 0.25) is 0 Å². The van der Waals surface area contributed by atoms with Gasteiger partial charge in [-0.2, -0.15) is 0 Å². The van der Waals surface area contributed by atoms with Gasteiger partial charge in [-0.1, -0.05) is 36.4 Å². The molecule has 0 unspecified atom stereocenters. The van der Waals surface area contributed by atoms with Crippen LogP contribution in [-0.2, 0) is 4.79 Å². The zero-order chi connectivity index (χ0) is 19.0. The third kappa shape index (κ3) is 3.13. The van der Waals surface area contributed by atoms with E-state index in [9.17, 15) is 4.79 Å². The molecule has 1 heterocycles. The van der Waals surface area contributed by atoms with Crippen molar-refractivity contribution in [1.29, 1.82) is 0 Å². The second-order valence-electron chi connectivity index (χ2n) is 7.30. The Morgan fingerprint density at radius 1 is 0.964 bits per heavy atom. The topological polar surface area (TPSA) is 56.8 Å². The molecule has 5 nitrogen and oxygen atoms in total. The molecule has 3 aromatic carbocycles. The minimum Gasteiger partial charge on any atom is -0.483 e. The summed E-state index contributed by atoms with van der Waals surface area (Å²) in [5.74, 6) is 1.41. The fourth-order valence-electron chi connectivity index (χ4n) is 3.95. The highest BCUT2D eigenvalue weighted by molar-refractivity contribution is 5.93. The van der Waals surface area contributed by atoms with Gasteiger partial charge in [0, 0.05) is 30.0 Å². The molecule has 1 spiro atoms. The zero-order valence-electron chi connectivity index (χ0n) is 15.4. The van der Waals surface area contributed by atoms with Crippen molar-refractivity contribution in [3.8, 4) is 17.2 Å². The van der Waals surface area contributed by atoms with E-state index in [4.69, 9.17) is 14.2 Å². The van der Waals surface area contributed by atoms with E-state index >= 15 is 0 Å². The highest BCUT2D eigenvalue weighted by atomic mass is 16.7. The highest BCUT2D eigenvalue weighted by Crippen LogP contribution is 2.47. The first-order valence-corrected chi connectivity index (χ1v) is 9.63. The summed E-state index contributed by atoms with van der Waals surface area (Å²) in [6.45, 7) is -0.0631. The minimum atomic E-state index is -0.498. The van der Waals surface area contributed by atoms with Crippen LogP contribution >= 0.6 is 0 Å². The SMILES string of the molecule is O=C(COc1cccc2ccccc12)Nc1ccc2c(c1)OC1(CCCC1)O2. The Hall–Kier alpha value is -3.21. The molecule has 0 bridgehead atoms. The molecule has 1 N–H and O–H groups in total. The standard InChI is InChI=1S/C23H21NO4/c25-22(15-26-19-9-5-7-16-6-1-2-8-18(16)19)24-17-10-11-20-21(14-17)28-23(27-20)12-3-4-13-23/h1-2,5-11,14H,3-4,12-13,15H2,(H,24,25). The third-order valence-electron chi connectivity index (χ3n) is 5.29. The number of fused-ring (bicyclic) bond motifs is 2. The van der Waals surface area contributed by atoms with Crippen LogP contribution in [-0.4, -0.2) is 18.3 Å². The Labute approximate surface area is 163 Å². The van der Waals surface area contributed by atoms with Crippen molar-refractivity contribution in [3.63, 3.8) is 0 Å². The molecule has 0 atom stereocenters. The lowest BCUT2D eigenvalue weighted by atomic mass is 10.1. The molecule has 5 heteroatoms. The fraction of sp³-hybridized carbons (Fsp3) is 0.261. The molecule has 0 radical (unpaired) electrons. The smallest absolute Gasteiger partial charge is 0.262 e. The van der Waals surface area contributed by atoms with Crippen LogP contribution in [0, 0.1) is 0 Å². The van der Waals surface area contributed by atoms with Gasteiger partial charge in [-0.3, -0.25) is 4.79 Å². The summed E-state index contributed by atoms with van der Waals surface area (Å²) in [5, 5.41) is 4.94. The average Bonchev–Trinajstić information content (AvgIpc) is 3.31. The van der Waals surface area contributed by atoms with Crippen molar-refractivity contribution in [2.45, 2.75) is 31.5 Å². The molecule has 0 saturated heterocycles. The fourth-order valence-corrected chi connectivity index (χ4v) is 3.95. The molecule has 1 aliphatic carbocycles. The van der Waals surface area contributed by atoms with Crippen LogP contribution < -0.4 is 19.5 Å². The highest BCUT2D eigenvalue weighted by Gasteiger charge is 2.44. The van der Waals surface area contributed by atoms with Gasteiger partial charge in [-0.15, -0.1) is 0 Å². The molecular weight excluding hydrogens is 354 g/mol. The van der Waals surface area contributed by atoms with Gasteiger partial charge < -0.3 is 19.5 Å². The van der Waals surface area contributed by atoms with Crippen molar-refractivity contribution in [3.05, 3.63) is 60.7 Å². The van der Waals surface area contributed by atoms with Crippen LogP contribution in [0.5, 0.6) is 17.2 Å². The maximum atomic E-state index is 12.4. The van der Waals surface area contributed by atoms with Crippen molar-refractivity contribution in [2.75, 3.05) is 11.9 Å². The maximum absolute atomic E-state index is 12.4. The lowest BCUT2D eigenvalue weighted by Gasteiger charge is -2.21. The van der Waals surface area contributed by atoms with Crippen LogP contribution in [0.4, 0.5) is 5.69 Å². The molecule has 1 aliphatic heterocycles. The summed E-state index contributed by atoms with van der Waals surface area (Å²) in [5.41, 5.74) is 0.670. The summed E-state index contributed by atoms with van der Waals surface area (Å²) >= 11 is 0. The van der Waals surface area contributed by atoms with Crippen molar-refractivity contribution in [2.24, 2.45) is 0 Å². The van der Waals surface area contributed by atoms with Gasteiger partial charge in [0.25, 0.3) is 11.7 Å². The Kier molecular flexibility index (Phi) is 4.08. The number of ether oxygens (including phenoxy) is 3. The van der Waals surface area contributed by atoms with Crippen molar-refractivity contribution in [1.82, 2.24) is 0 Å². The molecule has 0 aromatic heterocycles. The molecule has 5 rings (SSSR count). The van der Waals surface area contributed by atoms with Gasteiger partial charge >= 0.3 is 0 Å². The molecule has 142 valence electrons.